The van der Waals surface area contributed by atoms with Crippen molar-refractivity contribution in [2.75, 3.05) is 13.1 Å². The fourth-order valence-corrected chi connectivity index (χ4v) is 2.65. The molecule has 1 heterocycles. The van der Waals surface area contributed by atoms with Gasteiger partial charge in [0, 0.05) is 12.5 Å². The molecule has 0 spiro atoms. The summed E-state index contributed by atoms with van der Waals surface area (Å²) in [4.78, 5) is 4.59. The second-order valence-corrected chi connectivity index (χ2v) is 5.02. The molecule has 0 saturated carbocycles. The molecular weight excluding hydrogens is 314 g/mol. The Bertz CT molecular complexity index is 604. The molecule has 3 N–H and O–H groups in total. The van der Waals surface area contributed by atoms with E-state index >= 15 is 0 Å². The second-order valence-electron chi connectivity index (χ2n) is 5.02. The predicted molar refractivity (Wildman–Crippen MR) is 90.9 cm³/mol. The minimum atomic E-state index is 0. The maximum absolute atomic E-state index is 5.59. The Hall–Kier alpha value is -1.39. The number of benzene rings is 2. The molecule has 0 radical (unpaired) electrons. The smallest absolute Gasteiger partial charge is 0.101 e. The van der Waals surface area contributed by atoms with E-state index < -0.39 is 0 Å². The van der Waals surface area contributed by atoms with Crippen LogP contribution in [0.15, 0.2) is 47.5 Å². The van der Waals surface area contributed by atoms with Gasteiger partial charge in [0.25, 0.3) is 0 Å². The van der Waals surface area contributed by atoms with Crippen molar-refractivity contribution in [1.29, 1.82) is 0 Å². The van der Waals surface area contributed by atoms with Crippen LogP contribution >= 0.6 is 17.0 Å². The van der Waals surface area contributed by atoms with Gasteiger partial charge < -0.3 is 11.1 Å². The molecule has 2 aromatic rings. The Morgan fingerprint density at radius 3 is 2.80 bits per heavy atom. The monoisotopic (exact) mass is 333 g/mol. The van der Waals surface area contributed by atoms with Gasteiger partial charge in [-0.1, -0.05) is 42.5 Å². The van der Waals surface area contributed by atoms with Gasteiger partial charge in [0.05, 0.1) is 6.54 Å². The fraction of sp³-hybridized carbons (Fsp3) is 0.312. The Morgan fingerprint density at radius 2 is 1.95 bits per heavy atom. The summed E-state index contributed by atoms with van der Waals surface area (Å²) in [5.74, 6) is 1.09. The summed E-state index contributed by atoms with van der Waals surface area (Å²) in [5, 5.41) is 6.08. The van der Waals surface area contributed by atoms with Crippen molar-refractivity contribution in [1.82, 2.24) is 5.32 Å². The number of amidine groups is 1. The Labute approximate surface area is 130 Å². The number of hydrogen-bond donors (Lipinski definition) is 2. The maximum atomic E-state index is 5.59. The summed E-state index contributed by atoms with van der Waals surface area (Å²) in [6.45, 7) is 1.58. The standard InChI is InChI=1S/C16H19N3.BrH/c17-9-8-14-11-18-16(19-14)10-13-6-3-5-12-4-1-2-7-15(12)13;/h1-7,14H,8-11,17H2,(H,18,19);1H/t14-;/m1./s1. The van der Waals surface area contributed by atoms with E-state index in [0.717, 1.165) is 25.2 Å². The Morgan fingerprint density at radius 1 is 1.15 bits per heavy atom. The van der Waals surface area contributed by atoms with E-state index in [9.17, 15) is 0 Å². The maximum Gasteiger partial charge on any atom is 0.101 e. The molecule has 1 atom stereocenters. The number of aliphatic imine (C=N–C) groups is 1. The molecule has 0 fully saturated rings. The van der Waals surface area contributed by atoms with E-state index in [1.807, 2.05) is 0 Å². The molecular formula is C16H20BrN3. The van der Waals surface area contributed by atoms with Gasteiger partial charge >= 0.3 is 0 Å². The number of hydrogen-bond acceptors (Lipinski definition) is 3. The summed E-state index contributed by atoms with van der Waals surface area (Å²) in [6, 6.07) is 15.4. The first-order valence-electron chi connectivity index (χ1n) is 6.83. The summed E-state index contributed by atoms with van der Waals surface area (Å²) in [5.41, 5.74) is 6.92. The average molecular weight is 334 g/mol. The lowest BCUT2D eigenvalue weighted by Crippen LogP contribution is -2.32. The van der Waals surface area contributed by atoms with Crippen LogP contribution in [0.2, 0.25) is 0 Å². The summed E-state index contributed by atoms with van der Waals surface area (Å²) in [6.07, 6.45) is 1.87. The van der Waals surface area contributed by atoms with E-state index in [4.69, 9.17) is 5.73 Å². The quantitative estimate of drug-likeness (QED) is 0.903. The fourth-order valence-electron chi connectivity index (χ4n) is 2.65. The molecule has 4 heteroatoms. The number of nitrogens with zero attached hydrogens (tertiary/aromatic N) is 1. The van der Waals surface area contributed by atoms with Crippen LogP contribution in [-0.2, 0) is 6.42 Å². The first kappa shape index (κ1) is 15.0. The third-order valence-corrected chi connectivity index (χ3v) is 3.63. The van der Waals surface area contributed by atoms with Gasteiger partial charge in [-0.3, -0.25) is 4.99 Å². The topological polar surface area (TPSA) is 50.4 Å². The van der Waals surface area contributed by atoms with E-state index in [2.05, 4.69) is 52.8 Å². The summed E-state index contributed by atoms with van der Waals surface area (Å²) >= 11 is 0. The van der Waals surface area contributed by atoms with Crippen LogP contribution in [0.5, 0.6) is 0 Å². The number of nitrogens with two attached hydrogens (primary N) is 1. The lowest BCUT2D eigenvalue weighted by Gasteiger charge is -2.11. The summed E-state index contributed by atoms with van der Waals surface area (Å²) in [7, 11) is 0. The van der Waals surface area contributed by atoms with Crippen molar-refractivity contribution in [3.05, 3.63) is 48.0 Å². The molecule has 0 saturated heterocycles. The lowest BCUT2D eigenvalue weighted by atomic mass is 10.0. The number of fused-ring (bicyclic) bond motifs is 1. The highest BCUT2D eigenvalue weighted by atomic mass is 79.9. The first-order valence-corrected chi connectivity index (χ1v) is 6.83. The van der Waals surface area contributed by atoms with Crippen LogP contribution in [0.4, 0.5) is 0 Å². The minimum Gasteiger partial charge on any atom is -0.369 e. The van der Waals surface area contributed by atoms with E-state index in [0.29, 0.717) is 12.6 Å². The molecule has 0 aromatic heterocycles. The molecule has 2 aromatic carbocycles. The minimum absolute atomic E-state index is 0. The van der Waals surface area contributed by atoms with Crippen LogP contribution < -0.4 is 11.1 Å². The van der Waals surface area contributed by atoms with Gasteiger partial charge in [0.2, 0.25) is 0 Å². The van der Waals surface area contributed by atoms with Gasteiger partial charge in [0.1, 0.15) is 5.84 Å². The van der Waals surface area contributed by atoms with Crippen LogP contribution in [-0.4, -0.2) is 25.0 Å². The number of rotatable bonds is 4. The molecule has 0 unspecified atom stereocenters. The lowest BCUT2D eigenvalue weighted by molar-refractivity contribution is 0.608. The third kappa shape index (κ3) is 3.19. The van der Waals surface area contributed by atoms with Gasteiger partial charge in [-0.25, -0.2) is 0 Å². The zero-order valence-electron chi connectivity index (χ0n) is 11.4. The number of halogens is 1. The molecule has 20 heavy (non-hydrogen) atoms. The van der Waals surface area contributed by atoms with Gasteiger partial charge in [0.15, 0.2) is 0 Å². The van der Waals surface area contributed by atoms with Crippen LogP contribution in [0.3, 0.4) is 0 Å². The normalized spacial score (nSPS) is 17.4. The Kier molecular flexibility index (Phi) is 5.15. The third-order valence-electron chi connectivity index (χ3n) is 3.63. The van der Waals surface area contributed by atoms with Crippen molar-refractivity contribution in [2.24, 2.45) is 10.7 Å². The predicted octanol–water partition coefficient (Wildman–Crippen LogP) is 2.68. The SMILES string of the molecule is Br.NCC[C@@H]1CN=C(Cc2cccc3ccccc23)N1. The zero-order chi connectivity index (χ0) is 13.1. The van der Waals surface area contributed by atoms with E-state index in [1.54, 1.807) is 0 Å². The zero-order valence-corrected chi connectivity index (χ0v) is 13.1. The number of nitrogens with one attached hydrogen (secondary N) is 1. The van der Waals surface area contributed by atoms with Crippen molar-refractivity contribution in [2.45, 2.75) is 18.9 Å². The molecule has 106 valence electrons. The average Bonchev–Trinajstić information content (AvgIpc) is 2.87. The van der Waals surface area contributed by atoms with Gasteiger partial charge in [-0.15, -0.1) is 17.0 Å². The highest BCUT2D eigenvalue weighted by Gasteiger charge is 2.16. The van der Waals surface area contributed by atoms with Crippen LogP contribution in [0, 0.1) is 0 Å². The second kappa shape index (κ2) is 6.86. The summed E-state index contributed by atoms with van der Waals surface area (Å²) < 4.78 is 0. The highest BCUT2D eigenvalue weighted by molar-refractivity contribution is 8.93. The highest BCUT2D eigenvalue weighted by Crippen LogP contribution is 2.19. The molecule has 1 aliphatic heterocycles. The van der Waals surface area contributed by atoms with E-state index in [1.165, 1.54) is 16.3 Å². The Balaban J connectivity index is 0.00000147. The molecule has 0 aliphatic carbocycles. The van der Waals surface area contributed by atoms with Gasteiger partial charge in [-0.2, -0.15) is 0 Å². The van der Waals surface area contributed by atoms with Crippen molar-refractivity contribution in [3.63, 3.8) is 0 Å². The molecule has 3 nitrogen and oxygen atoms in total. The van der Waals surface area contributed by atoms with Crippen LogP contribution in [0.1, 0.15) is 12.0 Å². The molecule has 3 rings (SSSR count). The van der Waals surface area contributed by atoms with Crippen molar-refractivity contribution in [3.8, 4) is 0 Å². The first-order chi connectivity index (χ1) is 9.36. The molecule has 0 amide bonds. The van der Waals surface area contributed by atoms with Crippen molar-refractivity contribution < 1.29 is 0 Å². The van der Waals surface area contributed by atoms with Gasteiger partial charge in [-0.05, 0) is 29.3 Å². The van der Waals surface area contributed by atoms with Crippen LogP contribution in [0.25, 0.3) is 10.8 Å². The van der Waals surface area contributed by atoms with Crippen molar-refractivity contribution >= 4 is 33.6 Å². The molecule has 1 aliphatic rings. The van der Waals surface area contributed by atoms with E-state index in [-0.39, 0.29) is 17.0 Å². The molecule has 0 bridgehead atoms. The largest absolute Gasteiger partial charge is 0.369 e.